The highest BCUT2D eigenvalue weighted by molar-refractivity contribution is 7.99. The maximum absolute atomic E-state index is 6.26. The van der Waals surface area contributed by atoms with Crippen LogP contribution in [0.15, 0.2) is 35.5 Å². The van der Waals surface area contributed by atoms with E-state index in [9.17, 15) is 0 Å². The van der Waals surface area contributed by atoms with Crippen molar-refractivity contribution in [2.45, 2.75) is 82.4 Å². The highest BCUT2D eigenvalue weighted by Crippen LogP contribution is 2.44. The van der Waals surface area contributed by atoms with Crippen molar-refractivity contribution in [3.63, 3.8) is 0 Å². The van der Waals surface area contributed by atoms with E-state index in [4.69, 9.17) is 14.7 Å². The third kappa shape index (κ3) is 4.94. The smallest absolute Gasteiger partial charge is 0.191 e. The van der Waals surface area contributed by atoms with Crippen molar-refractivity contribution in [3.8, 4) is 0 Å². The van der Waals surface area contributed by atoms with Crippen LogP contribution >= 0.6 is 23.1 Å². The molecule has 4 heterocycles. The molecule has 2 aliphatic rings. The van der Waals surface area contributed by atoms with Gasteiger partial charge in [-0.15, -0.1) is 11.3 Å². The molecule has 1 saturated heterocycles. The molecule has 0 unspecified atom stereocenters. The molecule has 5 rings (SSSR count). The number of aromatic nitrogens is 2. The zero-order valence-corrected chi connectivity index (χ0v) is 21.9. The van der Waals surface area contributed by atoms with Crippen LogP contribution in [0.5, 0.6) is 0 Å². The predicted molar refractivity (Wildman–Crippen MR) is 141 cm³/mol. The number of benzene rings is 1. The molecule has 2 aliphatic heterocycles. The number of hydrogen-bond acceptors (Lipinski definition) is 6. The first-order chi connectivity index (χ1) is 15.9. The highest BCUT2D eigenvalue weighted by Gasteiger charge is 2.34. The first-order valence-electron chi connectivity index (χ1n) is 12.4. The average Bonchev–Trinajstić information content (AvgIpc) is 3.16. The maximum atomic E-state index is 6.26. The SMILES string of the molecule is CC[C@@]1(C)Cc2c(sc3nc(SC(C)C)nc(N4CCC(Cc5ccccc5)CC4)c23)CO1. The van der Waals surface area contributed by atoms with Crippen molar-refractivity contribution in [1.29, 1.82) is 0 Å². The van der Waals surface area contributed by atoms with Gasteiger partial charge in [0.2, 0.25) is 0 Å². The Hall–Kier alpha value is -1.63. The standard InChI is InChI=1S/C27H35N3OS2/c1-5-27(4)16-21-22(17-31-27)33-25-23(21)24(28-26(29-25)32-18(2)3)30-13-11-20(12-14-30)15-19-9-7-6-8-10-19/h6-10,18,20H,5,11-17H2,1-4H3/t27-/m0/s1. The second-order valence-corrected chi connectivity index (χ2v) is 12.7. The van der Waals surface area contributed by atoms with Crippen molar-refractivity contribution < 1.29 is 4.74 Å². The summed E-state index contributed by atoms with van der Waals surface area (Å²) in [6, 6.07) is 10.9. The zero-order valence-electron chi connectivity index (χ0n) is 20.3. The molecule has 0 spiro atoms. The Labute approximate surface area is 206 Å². The Morgan fingerprint density at radius 2 is 1.94 bits per heavy atom. The molecule has 2 aromatic heterocycles. The summed E-state index contributed by atoms with van der Waals surface area (Å²) in [7, 11) is 0. The molecule has 33 heavy (non-hydrogen) atoms. The van der Waals surface area contributed by atoms with Crippen LogP contribution in [-0.2, 0) is 24.2 Å². The maximum Gasteiger partial charge on any atom is 0.191 e. The summed E-state index contributed by atoms with van der Waals surface area (Å²) in [6.45, 7) is 11.7. The summed E-state index contributed by atoms with van der Waals surface area (Å²) in [5.74, 6) is 1.91. The zero-order chi connectivity index (χ0) is 23.0. The van der Waals surface area contributed by atoms with Gasteiger partial charge in [-0.2, -0.15) is 0 Å². The Balaban J connectivity index is 1.45. The summed E-state index contributed by atoms with van der Waals surface area (Å²) in [4.78, 5) is 15.2. The quantitative estimate of drug-likeness (QED) is 0.283. The number of rotatable bonds is 6. The molecule has 0 radical (unpaired) electrons. The van der Waals surface area contributed by atoms with Crippen LogP contribution in [0.3, 0.4) is 0 Å². The van der Waals surface area contributed by atoms with E-state index >= 15 is 0 Å². The molecule has 1 aromatic carbocycles. The summed E-state index contributed by atoms with van der Waals surface area (Å²) < 4.78 is 6.26. The summed E-state index contributed by atoms with van der Waals surface area (Å²) >= 11 is 3.59. The molecule has 0 aliphatic carbocycles. The van der Waals surface area contributed by atoms with Crippen LogP contribution < -0.4 is 4.90 Å². The summed E-state index contributed by atoms with van der Waals surface area (Å²) in [6.07, 6.45) is 5.59. The molecule has 0 amide bonds. The average molecular weight is 482 g/mol. The van der Waals surface area contributed by atoms with E-state index in [0.717, 1.165) is 41.8 Å². The van der Waals surface area contributed by atoms with E-state index in [-0.39, 0.29) is 5.60 Å². The molecule has 4 nitrogen and oxygen atoms in total. The van der Waals surface area contributed by atoms with Gasteiger partial charge in [-0.1, -0.05) is 62.9 Å². The molecule has 176 valence electrons. The Morgan fingerprint density at radius 3 is 2.64 bits per heavy atom. The van der Waals surface area contributed by atoms with E-state index in [2.05, 4.69) is 62.9 Å². The second-order valence-electron chi connectivity index (χ2n) is 10.1. The molecule has 0 bridgehead atoms. The first kappa shape index (κ1) is 23.1. The topological polar surface area (TPSA) is 38.2 Å². The molecule has 0 N–H and O–H groups in total. The van der Waals surface area contributed by atoms with Crippen LogP contribution in [0.25, 0.3) is 10.2 Å². The Bertz CT molecular complexity index is 1110. The third-order valence-corrected chi connectivity index (χ3v) is 9.13. The van der Waals surface area contributed by atoms with Crippen LogP contribution in [0.4, 0.5) is 5.82 Å². The molecule has 1 atom stereocenters. The van der Waals surface area contributed by atoms with Crippen LogP contribution in [0.1, 0.15) is 63.0 Å². The Kier molecular flexibility index (Phi) is 6.69. The van der Waals surface area contributed by atoms with Gasteiger partial charge in [-0.25, -0.2) is 9.97 Å². The summed E-state index contributed by atoms with van der Waals surface area (Å²) in [5.41, 5.74) is 2.81. The van der Waals surface area contributed by atoms with Gasteiger partial charge in [0.05, 0.1) is 17.6 Å². The van der Waals surface area contributed by atoms with E-state index < -0.39 is 0 Å². The fourth-order valence-electron chi connectivity index (χ4n) is 5.05. The van der Waals surface area contributed by atoms with Gasteiger partial charge < -0.3 is 9.64 Å². The molecule has 1 fully saturated rings. The van der Waals surface area contributed by atoms with Crippen molar-refractivity contribution in [1.82, 2.24) is 9.97 Å². The van der Waals surface area contributed by atoms with Crippen LogP contribution in [0.2, 0.25) is 0 Å². The van der Waals surface area contributed by atoms with Crippen molar-refractivity contribution in [3.05, 3.63) is 46.3 Å². The van der Waals surface area contributed by atoms with Crippen molar-refractivity contribution in [2.75, 3.05) is 18.0 Å². The molecule has 3 aromatic rings. The normalized spacial score (nSPS) is 21.7. The van der Waals surface area contributed by atoms with E-state index in [0.29, 0.717) is 11.9 Å². The fourth-order valence-corrected chi connectivity index (χ4v) is 6.91. The minimum absolute atomic E-state index is 0.0910. The number of fused-ring (bicyclic) bond motifs is 3. The number of ether oxygens (including phenoxy) is 1. The van der Waals surface area contributed by atoms with Crippen molar-refractivity contribution >= 4 is 39.1 Å². The first-order valence-corrected chi connectivity index (χ1v) is 14.1. The third-order valence-electron chi connectivity index (χ3n) is 7.17. The molecule has 0 saturated carbocycles. The van der Waals surface area contributed by atoms with Crippen LogP contribution in [-0.4, -0.2) is 33.9 Å². The van der Waals surface area contributed by atoms with Crippen molar-refractivity contribution in [2.24, 2.45) is 5.92 Å². The van der Waals surface area contributed by atoms with E-state index in [1.54, 1.807) is 11.8 Å². The highest BCUT2D eigenvalue weighted by atomic mass is 32.2. The lowest BCUT2D eigenvalue weighted by atomic mass is 9.89. The number of anilines is 1. The number of thiophene rings is 1. The minimum atomic E-state index is -0.0910. The monoisotopic (exact) mass is 481 g/mol. The summed E-state index contributed by atoms with van der Waals surface area (Å²) in [5, 5.41) is 2.68. The lowest BCUT2D eigenvalue weighted by Gasteiger charge is -2.35. The van der Waals surface area contributed by atoms with Gasteiger partial charge in [0.15, 0.2) is 5.16 Å². The van der Waals surface area contributed by atoms with E-state index in [1.165, 1.54) is 46.5 Å². The fraction of sp³-hybridized carbons (Fsp3) is 0.556. The largest absolute Gasteiger partial charge is 0.369 e. The number of thioether (sulfide) groups is 1. The van der Waals surface area contributed by atoms with Gasteiger partial charge in [0, 0.05) is 29.6 Å². The number of nitrogens with zero attached hydrogens (tertiary/aromatic N) is 3. The number of piperidine rings is 1. The van der Waals surface area contributed by atoms with E-state index in [1.807, 2.05) is 11.3 Å². The van der Waals surface area contributed by atoms with Gasteiger partial charge in [0.1, 0.15) is 10.6 Å². The molecular weight excluding hydrogens is 446 g/mol. The van der Waals surface area contributed by atoms with Gasteiger partial charge >= 0.3 is 0 Å². The minimum Gasteiger partial charge on any atom is -0.369 e. The van der Waals surface area contributed by atoms with Gasteiger partial charge in [-0.05, 0) is 49.7 Å². The van der Waals surface area contributed by atoms with Gasteiger partial charge in [-0.3, -0.25) is 0 Å². The lowest BCUT2D eigenvalue weighted by Crippen LogP contribution is -2.36. The van der Waals surface area contributed by atoms with Crippen LogP contribution in [0, 0.1) is 5.92 Å². The lowest BCUT2D eigenvalue weighted by molar-refractivity contribution is -0.0543. The van der Waals surface area contributed by atoms with Gasteiger partial charge in [0.25, 0.3) is 0 Å². The second kappa shape index (κ2) is 9.55. The predicted octanol–water partition coefficient (Wildman–Crippen LogP) is 6.89. The Morgan fingerprint density at radius 1 is 1.18 bits per heavy atom. The number of hydrogen-bond donors (Lipinski definition) is 0. The molecule has 6 heteroatoms. The molecular formula is C27H35N3OS2.